The second kappa shape index (κ2) is 9.06. The fourth-order valence-corrected chi connectivity index (χ4v) is 6.41. The maximum absolute atomic E-state index is 3.53. The summed E-state index contributed by atoms with van der Waals surface area (Å²) < 4.78 is 0. The molecule has 3 N–H and O–H groups in total. The Balaban J connectivity index is 1.49. The number of hydrogen-bond donors (Lipinski definition) is 3. The SMILES string of the molecule is CC1C(CN2CCNC2)C(C)C(CN2CCNC2)C(C)C1CN1CCNC1. The molecule has 0 unspecified atom stereocenters. The zero-order chi connectivity index (χ0) is 18.8. The quantitative estimate of drug-likeness (QED) is 0.620. The van der Waals surface area contributed by atoms with Gasteiger partial charge in [0, 0.05) is 78.9 Å². The number of nitrogens with one attached hydrogen (secondary N) is 3. The van der Waals surface area contributed by atoms with Crippen molar-refractivity contribution in [1.29, 1.82) is 0 Å². The van der Waals surface area contributed by atoms with E-state index in [9.17, 15) is 0 Å². The van der Waals surface area contributed by atoms with E-state index >= 15 is 0 Å². The predicted molar refractivity (Wildman–Crippen MR) is 111 cm³/mol. The fourth-order valence-electron chi connectivity index (χ4n) is 6.41. The Labute approximate surface area is 166 Å². The summed E-state index contributed by atoms with van der Waals surface area (Å²) in [6, 6.07) is 0. The maximum Gasteiger partial charge on any atom is 0.0481 e. The third-order valence-corrected chi connectivity index (χ3v) is 8.28. The molecular formula is C21H42N6. The van der Waals surface area contributed by atoms with Gasteiger partial charge in [-0.2, -0.15) is 0 Å². The van der Waals surface area contributed by atoms with Crippen molar-refractivity contribution in [3.63, 3.8) is 0 Å². The lowest BCUT2D eigenvalue weighted by Gasteiger charge is -2.51. The molecule has 6 nitrogen and oxygen atoms in total. The van der Waals surface area contributed by atoms with E-state index in [-0.39, 0.29) is 0 Å². The molecule has 1 aliphatic carbocycles. The minimum absolute atomic E-state index is 0.809. The van der Waals surface area contributed by atoms with E-state index in [1.54, 1.807) is 0 Å². The van der Waals surface area contributed by atoms with Gasteiger partial charge in [-0.15, -0.1) is 0 Å². The van der Waals surface area contributed by atoms with Crippen molar-refractivity contribution in [2.45, 2.75) is 20.8 Å². The van der Waals surface area contributed by atoms with Gasteiger partial charge in [-0.3, -0.25) is 14.7 Å². The maximum atomic E-state index is 3.53. The molecule has 0 amide bonds. The van der Waals surface area contributed by atoms with Crippen LogP contribution in [0.15, 0.2) is 0 Å². The third-order valence-electron chi connectivity index (χ3n) is 8.28. The van der Waals surface area contributed by atoms with Gasteiger partial charge < -0.3 is 16.0 Å². The molecule has 156 valence electrons. The fraction of sp³-hybridized carbons (Fsp3) is 1.00. The van der Waals surface area contributed by atoms with E-state index in [4.69, 9.17) is 0 Å². The van der Waals surface area contributed by atoms with E-state index in [1.807, 2.05) is 0 Å². The van der Waals surface area contributed by atoms with Gasteiger partial charge in [-0.1, -0.05) is 20.8 Å². The average molecular weight is 379 g/mol. The lowest BCUT2D eigenvalue weighted by atomic mass is 9.57. The van der Waals surface area contributed by atoms with Crippen LogP contribution in [0.25, 0.3) is 0 Å². The molecule has 4 rings (SSSR count). The Morgan fingerprint density at radius 1 is 0.556 bits per heavy atom. The monoisotopic (exact) mass is 378 g/mol. The molecule has 0 radical (unpaired) electrons. The lowest BCUT2D eigenvalue weighted by molar-refractivity contribution is -0.0333. The molecule has 3 heterocycles. The van der Waals surface area contributed by atoms with Crippen molar-refractivity contribution in [1.82, 2.24) is 30.7 Å². The molecule has 0 atom stereocenters. The highest BCUT2D eigenvalue weighted by Gasteiger charge is 2.46. The Kier molecular flexibility index (Phi) is 6.72. The van der Waals surface area contributed by atoms with Gasteiger partial charge in [0.2, 0.25) is 0 Å². The van der Waals surface area contributed by atoms with E-state index in [0.717, 1.165) is 75.1 Å². The number of nitrogens with zero attached hydrogens (tertiary/aromatic N) is 3. The summed E-state index contributed by atoms with van der Waals surface area (Å²) >= 11 is 0. The summed E-state index contributed by atoms with van der Waals surface area (Å²) in [5, 5.41) is 10.6. The second-order valence-corrected chi connectivity index (χ2v) is 9.77. The van der Waals surface area contributed by atoms with E-state index in [0.29, 0.717) is 0 Å². The number of hydrogen-bond acceptors (Lipinski definition) is 6. The van der Waals surface area contributed by atoms with Crippen molar-refractivity contribution in [2.75, 3.05) is 78.9 Å². The van der Waals surface area contributed by atoms with Crippen molar-refractivity contribution in [2.24, 2.45) is 35.5 Å². The van der Waals surface area contributed by atoms with Gasteiger partial charge in [0.15, 0.2) is 0 Å². The van der Waals surface area contributed by atoms with Crippen LogP contribution in [0.3, 0.4) is 0 Å². The largest absolute Gasteiger partial charge is 0.303 e. The van der Waals surface area contributed by atoms with Crippen molar-refractivity contribution < 1.29 is 0 Å². The van der Waals surface area contributed by atoms with Crippen LogP contribution in [0.4, 0.5) is 0 Å². The average Bonchev–Trinajstić information content (AvgIpc) is 3.43. The molecule has 6 heteroatoms. The van der Waals surface area contributed by atoms with E-state index in [2.05, 4.69) is 51.4 Å². The second-order valence-electron chi connectivity index (χ2n) is 9.77. The highest BCUT2D eigenvalue weighted by atomic mass is 15.3. The zero-order valence-electron chi connectivity index (χ0n) is 17.8. The zero-order valence-corrected chi connectivity index (χ0v) is 17.8. The molecule has 4 fully saturated rings. The first-order valence-corrected chi connectivity index (χ1v) is 11.4. The van der Waals surface area contributed by atoms with Crippen LogP contribution in [0, 0.1) is 35.5 Å². The molecule has 1 saturated carbocycles. The molecular weight excluding hydrogens is 336 g/mol. The first kappa shape index (κ1) is 20.0. The highest BCUT2D eigenvalue weighted by Crippen LogP contribution is 2.47. The summed E-state index contributed by atoms with van der Waals surface area (Å²) in [7, 11) is 0. The van der Waals surface area contributed by atoms with Crippen LogP contribution in [-0.4, -0.2) is 93.6 Å². The van der Waals surface area contributed by atoms with Crippen LogP contribution in [0.1, 0.15) is 20.8 Å². The van der Waals surface area contributed by atoms with Crippen molar-refractivity contribution in [3.8, 4) is 0 Å². The van der Waals surface area contributed by atoms with E-state index in [1.165, 1.54) is 39.3 Å². The molecule has 0 aromatic heterocycles. The summed E-state index contributed by atoms with van der Waals surface area (Å²) in [5.74, 6) is 4.89. The smallest absolute Gasteiger partial charge is 0.0481 e. The lowest BCUT2D eigenvalue weighted by Crippen LogP contribution is -2.53. The van der Waals surface area contributed by atoms with Crippen LogP contribution < -0.4 is 16.0 Å². The van der Waals surface area contributed by atoms with Crippen LogP contribution in [0.2, 0.25) is 0 Å². The Bertz CT molecular complexity index is 377. The number of rotatable bonds is 6. The van der Waals surface area contributed by atoms with Crippen LogP contribution >= 0.6 is 0 Å². The predicted octanol–water partition coefficient (Wildman–Crippen LogP) is 0.345. The summed E-state index contributed by atoms with van der Waals surface area (Å²) in [5.41, 5.74) is 0. The van der Waals surface area contributed by atoms with Gasteiger partial charge in [-0.05, 0) is 35.5 Å². The molecule has 0 aromatic carbocycles. The highest BCUT2D eigenvalue weighted by molar-refractivity contribution is 4.96. The molecule has 0 aromatic rings. The molecule has 3 aliphatic heterocycles. The summed E-state index contributed by atoms with van der Waals surface area (Å²) in [6.45, 7) is 22.0. The van der Waals surface area contributed by atoms with Crippen LogP contribution in [0.5, 0.6) is 0 Å². The Hall–Kier alpha value is -0.240. The first-order valence-electron chi connectivity index (χ1n) is 11.4. The molecule has 0 spiro atoms. The molecule has 27 heavy (non-hydrogen) atoms. The van der Waals surface area contributed by atoms with Crippen LogP contribution in [-0.2, 0) is 0 Å². The Morgan fingerprint density at radius 2 is 0.852 bits per heavy atom. The van der Waals surface area contributed by atoms with E-state index < -0.39 is 0 Å². The molecule has 3 saturated heterocycles. The van der Waals surface area contributed by atoms with Gasteiger partial charge in [0.05, 0.1) is 0 Å². The van der Waals surface area contributed by atoms with Crippen molar-refractivity contribution in [3.05, 3.63) is 0 Å². The van der Waals surface area contributed by atoms with Gasteiger partial charge in [-0.25, -0.2) is 0 Å². The standard InChI is InChI=1S/C21H42N6/c1-16-19(10-25-7-4-22-13-25)17(2)21(12-27-9-6-24-15-27)18(3)20(16)11-26-8-5-23-14-26/h16-24H,4-15H2,1-3H3. The Morgan fingerprint density at radius 3 is 1.07 bits per heavy atom. The van der Waals surface area contributed by atoms with Crippen molar-refractivity contribution >= 4 is 0 Å². The minimum Gasteiger partial charge on any atom is -0.303 e. The van der Waals surface area contributed by atoms with Gasteiger partial charge in [0.1, 0.15) is 0 Å². The topological polar surface area (TPSA) is 45.8 Å². The summed E-state index contributed by atoms with van der Waals surface area (Å²) in [4.78, 5) is 7.99. The third kappa shape index (κ3) is 4.51. The van der Waals surface area contributed by atoms with Gasteiger partial charge in [0.25, 0.3) is 0 Å². The first-order chi connectivity index (χ1) is 13.1. The molecule has 0 bridgehead atoms. The van der Waals surface area contributed by atoms with Gasteiger partial charge >= 0.3 is 0 Å². The minimum atomic E-state index is 0.809. The summed E-state index contributed by atoms with van der Waals surface area (Å²) in [6.07, 6.45) is 0. The normalized spacial score (nSPS) is 42.3. The molecule has 4 aliphatic rings.